The second-order valence-corrected chi connectivity index (χ2v) is 10.4. The van der Waals surface area contributed by atoms with Crippen LogP contribution in [0.2, 0.25) is 5.02 Å². The Morgan fingerprint density at radius 2 is 1.85 bits per heavy atom. The second-order valence-electron chi connectivity index (χ2n) is 8.05. The molecule has 4 rings (SSSR count). The molecule has 1 saturated heterocycles. The molecule has 2 aliphatic rings. The highest BCUT2D eigenvalue weighted by Gasteiger charge is 2.37. The molecular weight excluding hydrogens is 468 g/mol. The van der Waals surface area contributed by atoms with E-state index >= 15 is 0 Å². The van der Waals surface area contributed by atoms with Crippen LogP contribution in [0.5, 0.6) is 0 Å². The van der Waals surface area contributed by atoms with E-state index in [4.69, 9.17) is 16.3 Å². The van der Waals surface area contributed by atoms with Crippen LogP contribution in [0.25, 0.3) is 0 Å². The van der Waals surface area contributed by atoms with Crippen molar-refractivity contribution in [3.8, 4) is 0 Å². The van der Waals surface area contributed by atoms with Crippen LogP contribution in [0.3, 0.4) is 0 Å². The van der Waals surface area contributed by atoms with Gasteiger partial charge in [0.05, 0.1) is 17.7 Å². The van der Waals surface area contributed by atoms with Gasteiger partial charge in [-0.3, -0.25) is 9.69 Å². The van der Waals surface area contributed by atoms with Crippen molar-refractivity contribution in [3.63, 3.8) is 0 Å². The Morgan fingerprint density at radius 1 is 1.15 bits per heavy atom. The van der Waals surface area contributed by atoms with Crippen LogP contribution < -0.4 is 4.90 Å². The number of cyclic esters (lactones) is 1. The topological polar surface area (TPSA) is 93.2 Å². The minimum Gasteiger partial charge on any atom is -0.469 e. The number of piperidine rings is 1. The standard InChI is InChI=1S/C23H25ClN2O6S/c1-31-22(27)9-4-16-2-6-20(7-3-16)33(29,30)25-12-10-19(11-13-25)26-21-8-5-18(24)14-17(21)15-32-23(26)28/h2-3,5-8,14,19H,4,9-13,15H2,1H3. The number of esters is 1. The molecule has 2 aromatic rings. The molecule has 0 N–H and O–H groups in total. The number of nitrogens with zero attached hydrogens (tertiary/aromatic N) is 2. The number of anilines is 1. The minimum absolute atomic E-state index is 0.162. The van der Waals surface area contributed by atoms with Gasteiger partial charge in [0.2, 0.25) is 10.0 Å². The number of methoxy groups -OCH3 is 1. The van der Waals surface area contributed by atoms with Gasteiger partial charge in [-0.25, -0.2) is 13.2 Å². The summed E-state index contributed by atoms with van der Waals surface area (Å²) in [5, 5.41) is 0.573. The molecule has 176 valence electrons. The molecule has 10 heteroatoms. The number of amides is 1. The molecule has 0 radical (unpaired) electrons. The Bertz CT molecular complexity index is 1140. The molecule has 0 saturated carbocycles. The van der Waals surface area contributed by atoms with Gasteiger partial charge in [0.25, 0.3) is 0 Å². The van der Waals surface area contributed by atoms with Gasteiger partial charge in [-0.05, 0) is 55.2 Å². The first kappa shape index (κ1) is 23.5. The maximum Gasteiger partial charge on any atom is 0.414 e. The van der Waals surface area contributed by atoms with Crippen molar-refractivity contribution in [2.24, 2.45) is 0 Å². The lowest BCUT2D eigenvalue weighted by atomic mass is 10.0. The quantitative estimate of drug-likeness (QED) is 0.570. The summed E-state index contributed by atoms with van der Waals surface area (Å²) in [6, 6.07) is 11.7. The zero-order valence-electron chi connectivity index (χ0n) is 18.2. The van der Waals surface area contributed by atoms with Crippen LogP contribution >= 0.6 is 11.6 Å². The molecule has 0 aliphatic carbocycles. The number of hydrogen-bond donors (Lipinski definition) is 0. The van der Waals surface area contributed by atoms with E-state index in [1.165, 1.54) is 11.4 Å². The Balaban J connectivity index is 1.42. The Hall–Kier alpha value is -2.62. The third-order valence-corrected chi connectivity index (χ3v) is 8.19. The molecule has 0 atom stereocenters. The lowest BCUT2D eigenvalue weighted by Gasteiger charge is -2.39. The summed E-state index contributed by atoms with van der Waals surface area (Å²) in [4.78, 5) is 25.6. The van der Waals surface area contributed by atoms with E-state index < -0.39 is 16.1 Å². The molecule has 1 amide bonds. The lowest BCUT2D eigenvalue weighted by molar-refractivity contribution is -0.140. The van der Waals surface area contributed by atoms with Gasteiger partial charge in [0, 0.05) is 36.1 Å². The smallest absolute Gasteiger partial charge is 0.414 e. The Kier molecular flexibility index (Phi) is 6.92. The molecule has 2 aliphatic heterocycles. The second kappa shape index (κ2) is 9.70. The van der Waals surface area contributed by atoms with Crippen LogP contribution in [0.4, 0.5) is 10.5 Å². The monoisotopic (exact) mass is 492 g/mol. The Labute approximate surface area is 198 Å². The van der Waals surface area contributed by atoms with Crippen molar-refractivity contribution < 1.29 is 27.5 Å². The summed E-state index contributed by atoms with van der Waals surface area (Å²) in [6.07, 6.45) is 1.29. The van der Waals surface area contributed by atoms with Crippen LogP contribution in [0, 0.1) is 0 Å². The van der Waals surface area contributed by atoms with E-state index in [2.05, 4.69) is 4.74 Å². The van der Waals surface area contributed by atoms with Crippen molar-refractivity contribution >= 4 is 39.4 Å². The summed E-state index contributed by atoms with van der Waals surface area (Å²) >= 11 is 6.07. The number of ether oxygens (including phenoxy) is 2. The molecule has 33 heavy (non-hydrogen) atoms. The number of hydrogen-bond acceptors (Lipinski definition) is 6. The number of sulfonamides is 1. The molecule has 8 nitrogen and oxygen atoms in total. The van der Waals surface area contributed by atoms with Crippen molar-refractivity contribution in [1.82, 2.24) is 4.31 Å². The molecule has 2 heterocycles. The average molecular weight is 493 g/mol. The van der Waals surface area contributed by atoms with Gasteiger partial charge in [-0.2, -0.15) is 4.31 Å². The zero-order chi connectivity index (χ0) is 23.6. The maximum absolute atomic E-state index is 13.1. The number of benzene rings is 2. The highest BCUT2D eigenvalue weighted by atomic mass is 35.5. The molecule has 0 aromatic heterocycles. The Morgan fingerprint density at radius 3 is 2.52 bits per heavy atom. The van der Waals surface area contributed by atoms with Crippen LogP contribution in [0.15, 0.2) is 47.4 Å². The van der Waals surface area contributed by atoms with Crippen LogP contribution in [0.1, 0.15) is 30.4 Å². The van der Waals surface area contributed by atoms with Crippen molar-refractivity contribution in [3.05, 3.63) is 58.6 Å². The summed E-state index contributed by atoms with van der Waals surface area (Å²) in [5.41, 5.74) is 2.46. The molecule has 0 unspecified atom stereocenters. The normalized spacial score (nSPS) is 17.4. The average Bonchev–Trinajstić information content (AvgIpc) is 2.83. The van der Waals surface area contributed by atoms with Gasteiger partial charge < -0.3 is 9.47 Å². The molecular formula is C23H25ClN2O6S. The molecule has 0 spiro atoms. The SMILES string of the molecule is COC(=O)CCc1ccc(S(=O)(=O)N2CCC(N3C(=O)OCc4cc(Cl)ccc43)CC2)cc1. The van der Waals surface area contributed by atoms with Gasteiger partial charge >= 0.3 is 12.1 Å². The molecule has 1 fully saturated rings. The predicted octanol–water partition coefficient (Wildman–Crippen LogP) is 3.76. The van der Waals surface area contributed by atoms with Crippen LogP contribution in [-0.2, 0) is 37.3 Å². The summed E-state index contributed by atoms with van der Waals surface area (Å²) < 4.78 is 37.6. The summed E-state index contributed by atoms with van der Waals surface area (Å²) in [7, 11) is -2.32. The summed E-state index contributed by atoms with van der Waals surface area (Å²) in [6.45, 7) is 0.766. The number of rotatable bonds is 6. The number of carbonyl (C=O) groups is 2. The van der Waals surface area contributed by atoms with Crippen LogP contribution in [-0.4, -0.2) is 51.0 Å². The predicted molar refractivity (Wildman–Crippen MR) is 123 cm³/mol. The third kappa shape index (κ3) is 5.00. The van der Waals surface area contributed by atoms with Gasteiger partial charge in [-0.15, -0.1) is 0 Å². The van der Waals surface area contributed by atoms with E-state index in [0.29, 0.717) is 37.4 Å². The highest BCUT2D eigenvalue weighted by Crippen LogP contribution is 2.34. The van der Waals surface area contributed by atoms with Gasteiger partial charge in [-0.1, -0.05) is 23.7 Å². The van der Waals surface area contributed by atoms with Crippen molar-refractivity contribution in [2.75, 3.05) is 25.1 Å². The number of carbonyl (C=O) groups excluding carboxylic acids is 2. The fraction of sp³-hybridized carbons (Fsp3) is 0.391. The van der Waals surface area contributed by atoms with Crippen molar-refractivity contribution in [2.45, 2.75) is 43.2 Å². The highest BCUT2D eigenvalue weighted by molar-refractivity contribution is 7.89. The van der Waals surface area contributed by atoms with Crippen molar-refractivity contribution in [1.29, 1.82) is 0 Å². The molecule has 0 bridgehead atoms. The maximum atomic E-state index is 13.1. The number of halogens is 1. The van der Waals surface area contributed by atoms with Gasteiger partial charge in [0.1, 0.15) is 6.61 Å². The number of fused-ring (bicyclic) bond motifs is 1. The fourth-order valence-electron chi connectivity index (χ4n) is 4.22. The van der Waals surface area contributed by atoms with Gasteiger partial charge in [0.15, 0.2) is 0 Å². The third-order valence-electron chi connectivity index (χ3n) is 6.04. The van der Waals surface area contributed by atoms with E-state index in [9.17, 15) is 18.0 Å². The fourth-order valence-corrected chi connectivity index (χ4v) is 5.89. The summed E-state index contributed by atoms with van der Waals surface area (Å²) in [5.74, 6) is -0.308. The first-order valence-electron chi connectivity index (χ1n) is 10.7. The van der Waals surface area contributed by atoms with E-state index in [1.54, 1.807) is 41.3 Å². The largest absolute Gasteiger partial charge is 0.469 e. The lowest BCUT2D eigenvalue weighted by Crippen LogP contribution is -2.50. The van der Waals surface area contributed by atoms with E-state index in [-0.39, 0.29) is 29.9 Å². The first-order valence-corrected chi connectivity index (χ1v) is 12.5. The van der Waals surface area contributed by atoms with E-state index in [1.807, 2.05) is 6.07 Å². The first-order chi connectivity index (χ1) is 15.8. The van der Waals surface area contributed by atoms with E-state index in [0.717, 1.165) is 16.8 Å². The minimum atomic E-state index is -3.66. The zero-order valence-corrected chi connectivity index (χ0v) is 19.8. The number of aryl methyl sites for hydroxylation is 1. The molecule has 2 aromatic carbocycles.